The van der Waals surface area contributed by atoms with Crippen molar-refractivity contribution in [1.82, 2.24) is 19.3 Å². The predicted molar refractivity (Wildman–Crippen MR) is 70.7 cm³/mol. The van der Waals surface area contributed by atoms with E-state index in [0.29, 0.717) is 24.2 Å². The lowest BCUT2D eigenvalue weighted by Crippen LogP contribution is -2.60. The van der Waals surface area contributed by atoms with E-state index >= 15 is 0 Å². The number of hydrogen-bond donors (Lipinski definition) is 0. The highest BCUT2D eigenvalue weighted by molar-refractivity contribution is 7.84. The van der Waals surface area contributed by atoms with E-state index < -0.39 is 10.4 Å². The topological polar surface area (TPSA) is 96.6 Å². The van der Waals surface area contributed by atoms with Crippen molar-refractivity contribution in [2.45, 2.75) is 37.1 Å². The van der Waals surface area contributed by atoms with Crippen LogP contribution in [-0.2, 0) is 15.2 Å². The van der Waals surface area contributed by atoms with Gasteiger partial charge in [-0.15, -0.1) is 0 Å². The first-order valence-corrected chi connectivity index (χ1v) is 8.58. The van der Waals surface area contributed by atoms with Gasteiger partial charge in [0, 0.05) is 32.0 Å². The molecule has 3 heterocycles. The van der Waals surface area contributed by atoms with E-state index in [1.54, 1.807) is 4.90 Å². The van der Waals surface area contributed by atoms with E-state index in [2.05, 4.69) is 10.1 Å². The number of likely N-dealkylation sites (tertiary alicyclic amines) is 1. The van der Waals surface area contributed by atoms with Crippen molar-refractivity contribution in [2.75, 3.05) is 19.6 Å². The Morgan fingerprint density at radius 3 is 2.55 bits per heavy atom. The minimum absolute atomic E-state index is 0.00838. The molecule has 1 amide bonds. The zero-order chi connectivity index (χ0) is 15.5. The van der Waals surface area contributed by atoms with Gasteiger partial charge in [0.25, 0.3) is 0 Å². The monoisotopic (exact) mass is 330 g/mol. The fraction of sp³-hybridized carbons (Fsp3) is 0.750. The zero-order valence-corrected chi connectivity index (χ0v) is 12.5. The van der Waals surface area contributed by atoms with Gasteiger partial charge in [-0.3, -0.25) is 4.79 Å². The lowest BCUT2D eigenvalue weighted by atomic mass is 10.1. The summed E-state index contributed by atoms with van der Waals surface area (Å²) in [6.45, 7) is 0.429. The molecule has 120 valence electrons. The van der Waals surface area contributed by atoms with E-state index in [9.17, 15) is 17.1 Å². The van der Waals surface area contributed by atoms with Crippen LogP contribution in [0, 0.1) is 0 Å². The second-order valence-corrected chi connectivity index (χ2v) is 7.47. The average molecular weight is 330 g/mol. The Hall–Kier alpha value is -1.55. The maximum absolute atomic E-state index is 12.8. The van der Waals surface area contributed by atoms with Gasteiger partial charge in [-0.2, -0.15) is 17.7 Å². The Bertz CT molecular complexity index is 710. The number of hydrogen-bond acceptors (Lipinski definition) is 6. The summed E-state index contributed by atoms with van der Waals surface area (Å²) < 4.78 is 40.2. The third-order valence-corrected chi connectivity index (χ3v) is 5.40. The maximum Gasteiger partial charge on any atom is 0.374 e. The van der Waals surface area contributed by atoms with Crippen LogP contribution in [0.3, 0.4) is 0 Å². The van der Waals surface area contributed by atoms with Crippen molar-refractivity contribution < 1.29 is 21.6 Å². The second-order valence-electron chi connectivity index (χ2n) is 6.13. The molecule has 2 aliphatic heterocycles. The molecule has 1 atom stereocenters. The van der Waals surface area contributed by atoms with E-state index in [1.165, 1.54) is 0 Å². The summed E-state index contributed by atoms with van der Waals surface area (Å²) in [5.74, 6) is 1.31. The highest BCUT2D eigenvalue weighted by atomic mass is 32.3. The van der Waals surface area contributed by atoms with Crippen molar-refractivity contribution in [3.05, 3.63) is 11.7 Å². The number of aromatic nitrogens is 2. The van der Waals surface area contributed by atoms with Crippen LogP contribution in [0.2, 0.25) is 0 Å². The molecule has 0 aromatic carbocycles. The second kappa shape index (κ2) is 4.72. The molecule has 22 heavy (non-hydrogen) atoms. The van der Waals surface area contributed by atoms with Crippen molar-refractivity contribution in [3.8, 4) is 0 Å². The molecule has 0 radical (unpaired) electrons. The number of nitrogens with zero attached hydrogens (tertiary/aromatic N) is 4. The Labute approximate surface area is 126 Å². The quantitative estimate of drug-likeness (QED) is 0.730. The molecule has 1 unspecified atom stereocenters. The summed E-state index contributed by atoms with van der Waals surface area (Å²) in [5.41, 5.74) is 0. The van der Waals surface area contributed by atoms with E-state index in [4.69, 9.17) is 4.52 Å². The van der Waals surface area contributed by atoms with Gasteiger partial charge < -0.3 is 9.42 Å². The van der Waals surface area contributed by atoms with Crippen LogP contribution in [0.5, 0.6) is 0 Å². The van der Waals surface area contributed by atoms with Crippen molar-refractivity contribution >= 4 is 16.3 Å². The molecular weight excluding hydrogens is 315 g/mol. The smallest absolute Gasteiger partial charge is 0.339 e. The van der Waals surface area contributed by atoms with Gasteiger partial charge in [0.1, 0.15) is 0 Å². The molecule has 10 heteroatoms. The fourth-order valence-electron chi connectivity index (χ4n) is 2.96. The molecule has 2 saturated heterocycles. The summed E-state index contributed by atoms with van der Waals surface area (Å²) in [6, 6.07) is -0.270. The van der Waals surface area contributed by atoms with Crippen LogP contribution in [0.4, 0.5) is 3.89 Å². The van der Waals surface area contributed by atoms with E-state index in [-0.39, 0.29) is 37.4 Å². The lowest BCUT2D eigenvalue weighted by Gasteiger charge is -2.40. The third-order valence-electron chi connectivity index (χ3n) is 4.49. The summed E-state index contributed by atoms with van der Waals surface area (Å²) in [6.07, 6.45) is 2.42. The van der Waals surface area contributed by atoms with Gasteiger partial charge in [0.05, 0.1) is 12.0 Å². The minimum atomic E-state index is -4.66. The van der Waals surface area contributed by atoms with Crippen LogP contribution in [-0.4, -0.2) is 59.3 Å². The molecule has 1 aliphatic carbocycles. The molecular formula is C12H15FN4O4S. The Balaban J connectivity index is 1.41. The summed E-state index contributed by atoms with van der Waals surface area (Å²) in [5, 5.41) is 3.94. The predicted octanol–water partition coefficient (Wildman–Crippen LogP) is 0.161. The number of rotatable bonds is 4. The van der Waals surface area contributed by atoms with Crippen LogP contribution in [0.1, 0.15) is 42.8 Å². The molecule has 4 rings (SSSR count). The maximum atomic E-state index is 12.8. The summed E-state index contributed by atoms with van der Waals surface area (Å²) in [7, 11) is -4.66. The van der Waals surface area contributed by atoms with Gasteiger partial charge in [-0.1, -0.05) is 9.04 Å². The molecule has 0 spiro atoms. The molecule has 1 aromatic heterocycles. The average Bonchev–Trinajstić information content (AvgIpc) is 2.98. The number of halogens is 1. The number of amides is 1. The van der Waals surface area contributed by atoms with Crippen molar-refractivity contribution in [1.29, 1.82) is 0 Å². The first-order chi connectivity index (χ1) is 10.4. The summed E-state index contributed by atoms with van der Waals surface area (Å²) in [4.78, 5) is 18.0. The first kappa shape index (κ1) is 14.1. The molecule has 8 nitrogen and oxygen atoms in total. The van der Waals surface area contributed by atoms with Gasteiger partial charge in [-0.05, 0) is 12.8 Å². The SMILES string of the molecule is O=C1CC(c2nc(C3CC3)no2)CN1C1CN(S(=O)(=O)F)C1. The van der Waals surface area contributed by atoms with E-state index in [0.717, 1.165) is 17.1 Å². The van der Waals surface area contributed by atoms with Gasteiger partial charge >= 0.3 is 10.4 Å². The highest BCUT2D eigenvalue weighted by Crippen LogP contribution is 2.39. The molecule has 1 saturated carbocycles. The minimum Gasteiger partial charge on any atom is -0.339 e. The van der Waals surface area contributed by atoms with Gasteiger partial charge in [0.2, 0.25) is 11.8 Å². The largest absolute Gasteiger partial charge is 0.374 e. The normalized spacial score (nSPS) is 27.4. The van der Waals surface area contributed by atoms with Gasteiger partial charge in [0.15, 0.2) is 5.82 Å². The van der Waals surface area contributed by atoms with E-state index in [1.807, 2.05) is 0 Å². The third kappa shape index (κ3) is 2.39. The molecule has 3 fully saturated rings. The highest BCUT2D eigenvalue weighted by Gasteiger charge is 2.45. The first-order valence-electron chi connectivity index (χ1n) is 7.24. The Morgan fingerprint density at radius 2 is 1.91 bits per heavy atom. The molecule has 0 bridgehead atoms. The summed E-state index contributed by atoms with van der Waals surface area (Å²) >= 11 is 0. The Morgan fingerprint density at radius 1 is 1.18 bits per heavy atom. The fourth-order valence-corrected chi connectivity index (χ4v) is 3.66. The van der Waals surface area contributed by atoms with Crippen LogP contribution in [0.15, 0.2) is 4.52 Å². The van der Waals surface area contributed by atoms with Crippen molar-refractivity contribution in [2.24, 2.45) is 0 Å². The molecule has 1 aromatic rings. The number of carbonyl (C=O) groups excluding carboxylic acids is 1. The lowest BCUT2D eigenvalue weighted by molar-refractivity contribution is -0.131. The van der Waals surface area contributed by atoms with Crippen molar-refractivity contribution in [3.63, 3.8) is 0 Å². The molecule has 3 aliphatic rings. The van der Waals surface area contributed by atoms with Crippen LogP contribution in [0.25, 0.3) is 0 Å². The molecule has 0 N–H and O–H groups in total. The Kier molecular flexibility index (Phi) is 3.02. The number of carbonyl (C=O) groups is 1. The van der Waals surface area contributed by atoms with Crippen LogP contribution >= 0.6 is 0 Å². The van der Waals surface area contributed by atoms with Gasteiger partial charge in [-0.25, -0.2) is 0 Å². The zero-order valence-electron chi connectivity index (χ0n) is 11.7. The van der Waals surface area contributed by atoms with Crippen LogP contribution < -0.4 is 0 Å². The standard InChI is InChI=1S/C12H15FN4O4S/c13-22(19,20)16-5-9(6-16)17-4-8(3-10(17)18)12-14-11(15-21-12)7-1-2-7/h7-9H,1-6H2.